The van der Waals surface area contributed by atoms with Crippen LogP contribution in [0.3, 0.4) is 0 Å². The molecule has 3 atom stereocenters. The zero-order valence-corrected chi connectivity index (χ0v) is 13.8. The number of ether oxygens (including phenoxy) is 1. The Hall–Kier alpha value is -0.770. The van der Waals surface area contributed by atoms with Crippen LogP contribution in [-0.4, -0.2) is 30.3 Å². The maximum atomic E-state index is 11.8. The predicted molar refractivity (Wildman–Crippen MR) is 82.9 cm³/mol. The molecule has 0 aromatic rings. The summed E-state index contributed by atoms with van der Waals surface area (Å²) in [6.45, 7) is 10.9. The van der Waals surface area contributed by atoms with Crippen LogP contribution in [-0.2, 0) is 4.74 Å². The molecule has 1 saturated carbocycles. The van der Waals surface area contributed by atoms with E-state index < -0.39 is 5.60 Å². The van der Waals surface area contributed by atoms with Crippen LogP contribution < -0.4 is 10.6 Å². The Kier molecular flexibility index (Phi) is 6.80. The van der Waals surface area contributed by atoms with Crippen LogP contribution in [0.4, 0.5) is 4.79 Å². The average molecular weight is 284 g/mol. The molecule has 1 fully saturated rings. The highest BCUT2D eigenvalue weighted by molar-refractivity contribution is 5.68. The molecule has 1 aliphatic rings. The zero-order valence-electron chi connectivity index (χ0n) is 13.8. The first-order valence-corrected chi connectivity index (χ1v) is 8.04. The number of alkyl carbamates (subject to hydrolysis) is 1. The summed E-state index contributed by atoms with van der Waals surface area (Å²) in [6.07, 6.45) is 5.83. The number of hydrogen-bond acceptors (Lipinski definition) is 3. The van der Waals surface area contributed by atoms with Gasteiger partial charge in [0.1, 0.15) is 5.60 Å². The third-order valence-electron chi connectivity index (χ3n) is 3.95. The summed E-state index contributed by atoms with van der Waals surface area (Å²) < 4.78 is 5.31. The van der Waals surface area contributed by atoms with Gasteiger partial charge >= 0.3 is 6.09 Å². The highest BCUT2D eigenvalue weighted by Gasteiger charge is 2.23. The first-order chi connectivity index (χ1) is 9.31. The van der Waals surface area contributed by atoms with Crippen molar-refractivity contribution in [1.82, 2.24) is 10.6 Å². The van der Waals surface area contributed by atoms with E-state index in [4.69, 9.17) is 4.74 Å². The van der Waals surface area contributed by atoms with Crippen molar-refractivity contribution in [3.05, 3.63) is 0 Å². The van der Waals surface area contributed by atoms with Gasteiger partial charge in [0.2, 0.25) is 0 Å². The predicted octanol–water partition coefficient (Wildman–Crippen LogP) is 3.46. The Morgan fingerprint density at radius 3 is 2.50 bits per heavy atom. The summed E-state index contributed by atoms with van der Waals surface area (Å²) in [4.78, 5) is 11.8. The first-order valence-electron chi connectivity index (χ1n) is 8.04. The third kappa shape index (κ3) is 6.60. The van der Waals surface area contributed by atoms with Crippen LogP contribution in [0.5, 0.6) is 0 Å². The molecule has 1 amide bonds. The molecular formula is C16H32N2O2. The fraction of sp³-hybridized carbons (Fsp3) is 0.938. The minimum atomic E-state index is -0.437. The Bertz CT molecular complexity index is 299. The van der Waals surface area contributed by atoms with E-state index in [9.17, 15) is 4.79 Å². The molecule has 3 unspecified atom stereocenters. The van der Waals surface area contributed by atoms with Gasteiger partial charge < -0.3 is 15.4 Å². The smallest absolute Gasteiger partial charge is 0.407 e. The Morgan fingerprint density at radius 2 is 1.95 bits per heavy atom. The molecule has 0 heterocycles. The Morgan fingerprint density at radius 1 is 1.30 bits per heavy atom. The van der Waals surface area contributed by atoms with E-state index in [0.717, 1.165) is 18.9 Å². The Labute approximate surface area is 124 Å². The van der Waals surface area contributed by atoms with Crippen LogP contribution in [0.25, 0.3) is 0 Å². The van der Waals surface area contributed by atoms with E-state index >= 15 is 0 Å². The van der Waals surface area contributed by atoms with Crippen molar-refractivity contribution >= 4 is 6.09 Å². The minimum Gasteiger partial charge on any atom is -0.444 e. The number of nitrogens with one attached hydrogen (secondary N) is 2. The van der Waals surface area contributed by atoms with Crippen LogP contribution in [0, 0.1) is 5.92 Å². The maximum Gasteiger partial charge on any atom is 0.407 e. The summed E-state index contributed by atoms with van der Waals surface area (Å²) in [6, 6.07) is 0.734. The fourth-order valence-corrected chi connectivity index (χ4v) is 2.68. The molecule has 4 heteroatoms. The van der Waals surface area contributed by atoms with Crippen molar-refractivity contribution in [3.63, 3.8) is 0 Å². The summed E-state index contributed by atoms with van der Waals surface area (Å²) in [5.41, 5.74) is -0.437. The van der Waals surface area contributed by atoms with Crippen molar-refractivity contribution in [2.45, 2.75) is 84.4 Å². The van der Waals surface area contributed by atoms with E-state index in [1.165, 1.54) is 25.7 Å². The van der Waals surface area contributed by atoms with Crippen LogP contribution in [0.15, 0.2) is 0 Å². The maximum absolute atomic E-state index is 11.8. The van der Waals surface area contributed by atoms with Gasteiger partial charge in [0.25, 0.3) is 0 Å². The first kappa shape index (κ1) is 17.3. The SMILES string of the molecule is CCC(CNC1CCCCC1C)NC(=O)OC(C)(C)C. The van der Waals surface area contributed by atoms with E-state index in [2.05, 4.69) is 24.5 Å². The van der Waals surface area contributed by atoms with Crippen LogP contribution in [0.2, 0.25) is 0 Å². The number of carbonyl (C=O) groups is 1. The second-order valence-electron chi connectivity index (χ2n) is 7.03. The van der Waals surface area contributed by atoms with Gasteiger partial charge in [0.05, 0.1) is 0 Å². The lowest BCUT2D eigenvalue weighted by atomic mass is 9.86. The largest absolute Gasteiger partial charge is 0.444 e. The van der Waals surface area contributed by atoms with Gasteiger partial charge in [-0.25, -0.2) is 4.79 Å². The van der Waals surface area contributed by atoms with Gasteiger partial charge in [-0.3, -0.25) is 0 Å². The molecule has 0 aromatic heterocycles. The van der Waals surface area contributed by atoms with Gasteiger partial charge in [-0.1, -0.05) is 26.7 Å². The van der Waals surface area contributed by atoms with E-state index in [-0.39, 0.29) is 12.1 Å². The molecule has 118 valence electrons. The molecular weight excluding hydrogens is 252 g/mol. The average Bonchev–Trinajstić information content (AvgIpc) is 2.34. The summed E-state index contributed by atoms with van der Waals surface area (Å²) in [7, 11) is 0. The zero-order chi connectivity index (χ0) is 15.2. The molecule has 0 saturated heterocycles. The van der Waals surface area contributed by atoms with Gasteiger partial charge in [-0.2, -0.15) is 0 Å². The van der Waals surface area contributed by atoms with Gasteiger partial charge in [-0.05, 0) is 46.0 Å². The van der Waals surface area contributed by atoms with E-state index in [1.807, 2.05) is 20.8 Å². The van der Waals surface area contributed by atoms with Gasteiger partial charge in [0, 0.05) is 18.6 Å². The lowest BCUT2D eigenvalue weighted by molar-refractivity contribution is 0.0501. The highest BCUT2D eigenvalue weighted by Crippen LogP contribution is 2.23. The fourth-order valence-electron chi connectivity index (χ4n) is 2.68. The molecule has 20 heavy (non-hydrogen) atoms. The molecule has 4 nitrogen and oxygen atoms in total. The van der Waals surface area contributed by atoms with Crippen molar-refractivity contribution in [1.29, 1.82) is 0 Å². The lowest BCUT2D eigenvalue weighted by Crippen LogP contribution is -2.48. The number of carbonyl (C=O) groups excluding carboxylic acids is 1. The van der Waals surface area contributed by atoms with Crippen LogP contribution in [0.1, 0.15) is 66.7 Å². The normalized spacial score (nSPS) is 25.1. The second-order valence-corrected chi connectivity index (χ2v) is 7.03. The van der Waals surface area contributed by atoms with Crippen molar-refractivity contribution in [3.8, 4) is 0 Å². The molecule has 0 spiro atoms. The molecule has 1 aliphatic carbocycles. The topological polar surface area (TPSA) is 50.4 Å². The lowest BCUT2D eigenvalue weighted by Gasteiger charge is -2.31. The number of rotatable bonds is 5. The molecule has 0 aliphatic heterocycles. The quantitative estimate of drug-likeness (QED) is 0.813. The molecule has 1 rings (SSSR count). The summed E-state index contributed by atoms with van der Waals surface area (Å²) >= 11 is 0. The minimum absolute atomic E-state index is 0.138. The van der Waals surface area contributed by atoms with Crippen LogP contribution >= 0.6 is 0 Å². The highest BCUT2D eigenvalue weighted by atomic mass is 16.6. The van der Waals surface area contributed by atoms with E-state index in [1.54, 1.807) is 0 Å². The second kappa shape index (κ2) is 7.87. The van der Waals surface area contributed by atoms with Gasteiger partial charge in [0.15, 0.2) is 0 Å². The van der Waals surface area contributed by atoms with E-state index in [0.29, 0.717) is 6.04 Å². The molecule has 0 bridgehead atoms. The van der Waals surface area contributed by atoms with Crippen molar-refractivity contribution in [2.75, 3.05) is 6.54 Å². The molecule has 0 aromatic carbocycles. The van der Waals surface area contributed by atoms with Crippen molar-refractivity contribution < 1.29 is 9.53 Å². The standard InChI is InChI=1S/C16H32N2O2/c1-6-13(18-15(19)20-16(3,4)5)11-17-14-10-8-7-9-12(14)2/h12-14,17H,6-11H2,1-5H3,(H,18,19). The monoisotopic (exact) mass is 284 g/mol. The number of amides is 1. The number of hydrogen-bond donors (Lipinski definition) is 2. The van der Waals surface area contributed by atoms with Gasteiger partial charge in [-0.15, -0.1) is 0 Å². The summed E-state index contributed by atoms with van der Waals surface area (Å²) in [5.74, 6) is 0.739. The Balaban J connectivity index is 2.33. The molecule has 0 radical (unpaired) electrons. The molecule has 2 N–H and O–H groups in total. The summed E-state index contributed by atoms with van der Waals surface area (Å²) in [5, 5.41) is 6.57. The third-order valence-corrected chi connectivity index (χ3v) is 3.95. The van der Waals surface area contributed by atoms with Crippen molar-refractivity contribution in [2.24, 2.45) is 5.92 Å².